The molecule has 0 fully saturated rings. The van der Waals surface area contributed by atoms with Crippen LogP contribution in [0, 0.1) is 0 Å². The fourth-order valence-corrected chi connectivity index (χ4v) is 15.7. The number of carbonyl (C=O) groups is 1. The molecule has 4 rings (SSSR count). The van der Waals surface area contributed by atoms with Crippen LogP contribution in [-0.4, -0.2) is 66.7 Å². The Labute approximate surface area is 464 Å². The molecule has 0 radical (unpaired) electrons. The number of hydrogen-bond acceptors (Lipinski definition) is 7. The molecule has 0 aromatic heterocycles. The van der Waals surface area contributed by atoms with E-state index in [0.717, 1.165) is 52.0 Å². The molecule has 330 valence electrons. The summed E-state index contributed by atoms with van der Waals surface area (Å²) < 4.78 is 6.91. The number of nitrogens with one attached hydrogen (secondary N) is 2. The molecule has 4 aromatic carbocycles. The summed E-state index contributed by atoms with van der Waals surface area (Å²) in [6.07, 6.45) is 9.33. The molecule has 0 saturated carbocycles. The van der Waals surface area contributed by atoms with Gasteiger partial charge < -0.3 is 31.7 Å². The molecular weight excluding hydrogens is 866 g/mol. The quantitative estimate of drug-likeness (QED) is 0.0295. The Bertz CT molecular complexity index is 1510. The Hall–Kier alpha value is 0.146. The number of rotatable bonds is 21. The van der Waals surface area contributed by atoms with Crippen LogP contribution in [0.3, 0.4) is 0 Å². The van der Waals surface area contributed by atoms with Crippen molar-refractivity contribution in [1.29, 1.82) is 0 Å². The molecule has 0 unspecified atom stereocenters. The van der Waals surface area contributed by atoms with E-state index in [1.54, 1.807) is 0 Å². The number of carbonyl (C=O) groups excluding carboxylic acids is 1. The molecule has 0 aliphatic rings. The van der Waals surface area contributed by atoms with Crippen LogP contribution in [0.25, 0.3) is 0 Å². The molecule has 0 aliphatic heterocycles. The number of benzene rings is 4. The van der Waals surface area contributed by atoms with E-state index in [1.165, 1.54) is 52.9 Å². The van der Waals surface area contributed by atoms with Gasteiger partial charge in [0.05, 0.1) is 0 Å². The van der Waals surface area contributed by atoms with Gasteiger partial charge in [-0.1, -0.05) is 190 Å². The minimum absolute atomic E-state index is 0. The molecular formula is C49H77ClK2N2O5Si2. The maximum absolute atomic E-state index is 8.64. The first-order valence-electron chi connectivity index (χ1n) is 21.6. The smallest absolute Gasteiger partial charge is 1.00 e. The van der Waals surface area contributed by atoms with Crippen LogP contribution in [0.5, 0.6) is 0 Å². The van der Waals surface area contributed by atoms with Gasteiger partial charge in [0.15, 0.2) is 0 Å². The van der Waals surface area contributed by atoms with Crippen LogP contribution in [-0.2, 0) is 14.1 Å². The van der Waals surface area contributed by atoms with E-state index in [2.05, 4.69) is 180 Å². The van der Waals surface area contributed by atoms with Crippen molar-refractivity contribution in [3.05, 3.63) is 121 Å². The first-order valence-corrected chi connectivity index (χ1v) is 26.5. The number of halogens is 1. The molecule has 0 saturated heterocycles. The number of aliphatic hydroxyl groups excluding tert-OH is 1. The SMILES string of the molecule is CC(C)(C)[Si](Cl)(c1ccccc1)c1ccccc1.CCCCNCCCCO.CCCCNCCCCO[Si](c1ccccc1)(c1ccccc1)C(C)(C)C.O=CO[O-].[H-].[K+].[K+]. The fourth-order valence-electron chi connectivity index (χ4n) is 6.92. The molecule has 0 bridgehead atoms. The maximum atomic E-state index is 8.64. The second-order valence-corrected chi connectivity index (χ2v) is 26.7. The molecule has 0 atom stereocenters. The van der Waals surface area contributed by atoms with Crippen molar-refractivity contribution >= 4 is 54.0 Å². The van der Waals surface area contributed by atoms with Gasteiger partial charge in [-0.2, -0.15) is 11.1 Å². The van der Waals surface area contributed by atoms with Gasteiger partial charge in [0.1, 0.15) is 0 Å². The van der Waals surface area contributed by atoms with Crippen LogP contribution in [0.4, 0.5) is 0 Å². The molecule has 12 heteroatoms. The molecule has 0 aliphatic carbocycles. The molecule has 61 heavy (non-hydrogen) atoms. The monoisotopic (exact) mass is 942 g/mol. The summed E-state index contributed by atoms with van der Waals surface area (Å²) in [6, 6.07) is 42.9. The largest absolute Gasteiger partial charge is 1.00 e. The Morgan fingerprint density at radius 3 is 1.21 bits per heavy atom. The van der Waals surface area contributed by atoms with Crippen molar-refractivity contribution in [3.63, 3.8) is 0 Å². The average molecular weight is 944 g/mol. The third-order valence-electron chi connectivity index (χ3n) is 10.1. The van der Waals surface area contributed by atoms with E-state index >= 15 is 0 Å². The Balaban J connectivity index is -0.000000859. The second-order valence-electron chi connectivity index (χ2n) is 16.7. The van der Waals surface area contributed by atoms with Crippen molar-refractivity contribution in [2.24, 2.45) is 0 Å². The normalized spacial score (nSPS) is 11.1. The molecule has 0 heterocycles. The Kier molecular flexibility index (Phi) is 38.6. The maximum Gasteiger partial charge on any atom is 1.00 e. The topological polar surface area (TPSA) is 103 Å². The zero-order valence-electron chi connectivity index (χ0n) is 40.5. The summed E-state index contributed by atoms with van der Waals surface area (Å²) in [5.74, 6) is 0. The molecule has 0 amide bonds. The van der Waals surface area contributed by atoms with Crippen LogP contribution in [0.1, 0.15) is 108 Å². The van der Waals surface area contributed by atoms with E-state index in [1.807, 2.05) is 12.1 Å². The summed E-state index contributed by atoms with van der Waals surface area (Å²) in [6.45, 7) is 23.5. The third-order valence-corrected chi connectivity index (χ3v) is 22.5. The molecule has 0 spiro atoms. The summed E-state index contributed by atoms with van der Waals surface area (Å²) in [5.41, 5.74) is 0. The van der Waals surface area contributed by atoms with Gasteiger partial charge >= 0.3 is 103 Å². The van der Waals surface area contributed by atoms with Crippen molar-refractivity contribution < 1.29 is 129 Å². The van der Waals surface area contributed by atoms with Crippen LogP contribution >= 0.6 is 11.1 Å². The number of aliphatic hydroxyl groups is 1. The van der Waals surface area contributed by atoms with Gasteiger partial charge in [-0.25, -0.2) is 0 Å². The first kappa shape index (κ1) is 63.2. The van der Waals surface area contributed by atoms with E-state index < -0.39 is 15.7 Å². The van der Waals surface area contributed by atoms with Crippen LogP contribution in [0.2, 0.25) is 10.1 Å². The minimum atomic E-state index is -2.35. The first-order chi connectivity index (χ1) is 28.3. The summed E-state index contributed by atoms with van der Waals surface area (Å²) in [7, 11) is -4.58. The molecule has 7 nitrogen and oxygen atoms in total. The van der Waals surface area contributed by atoms with Gasteiger partial charge in [-0.15, -0.1) is 0 Å². The van der Waals surface area contributed by atoms with Crippen molar-refractivity contribution in [2.45, 2.75) is 117 Å². The summed E-state index contributed by atoms with van der Waals surface area (Å²) in [4.78, 5) is 11.2. The van der Waals surface area contributed by atoms with Crippen molar-refractivity contribution in [2.75, 3.05) is 39.4 Å². The van der Waals surface area contributed by atoms with E-state index in [9.17, 15) is 0 Å². The van der Waals surface area contributed by atoms with Gasteiger partial charge in [-0.3, -0.25) is 4.79 Å². The molecule has 4 aromatic rings. The van der Waals surface area contributed by atoms with Gasteiger partial charge in [-0.05, 0) is 95.5 Å². The second kappa shape index (κ2) is 37.3. The zero-order valence-corrected chi connectivity index (χ0v) is 48.5. The van der Waals surface area contributed by atoms with Gasteiger partial charge in [0.2, 0.25) is 7.38 Å². The summed E-state index contributed by atoms with van der Waals surface area (Å²) >= 11 is 7.21. The number of unbranched alkanes of at least 4 members (excludes halogenated alkanes) is 4. The van der Waals surface area contributed by atoms with E-state index in [-0.39, 0.29) is 121 Å². The predicted octanol–water partition coefficient (Wildman–Crippen LogP) is 2.22. The van der Waals surface area contributed by atoms with Gasteiger partial charge in [0.25, 0.3) is 14.8 Å². The Morgan fingerprint density at radius 2 is 0.918 bits per heavy atom. The standard InChI is InChI=1S/C24H37NOSi.C16H19ClSi.C8H19NO.CH2O3.2K.H/c1-5-6-19-25-20-13-14-21-26-27(24(2,3)4,22-15-9-7-10-16-22)23-17-11-8-12-18-23;1-16(2,3)18(17,14-10-6-4-7-11-14)15-12-8-5-9-13-15;1-2-3-6-9-7-4-5-8-10;2-1-4-3;;;/h7-12,15-18,25H,5-6,13-14,19-21H2,1-4H3;4-13H,1-3H3;9-10H,2-8H2,1H3;1,3H;;;/q;;;;2*+1;-1/p-1. The minimum Gasteiger partial charge on any atom is -1.00 e. The fraction of sp³-hybridized carbons (Fsp3) is 0.490. The van der Waals surface area contributed by atoms with E-state index in [4.69, 9.17) is 30.7 Å². The van der Waals surface area contributed by atoms with E-state index in [0.29, 0.717) is 6.61 Å². The zero-order chi connectivity index (χ0) is 43.9. The predicted molar refractivity (Wildman–Crippen MR) is 256 cm³/mol. The average Bonchev–Trinajstić information content (AvgIpc) is 3.25. The van der Waals surface area contributed by atoms with Crippen LogP contribution in [0.15, 0.2) is 121 Å². The number of hydrogen-bond donors (Lipinski definition) is 3. The third kappa shape index (κ3) is 23.4. The molecule has 3 N–H and O–H groups in total. The van der Waals surface area contributed by atoms with Crippen molar-refractivity contribution in [3.8, 4) is 0 Å². The Morgan fingerprint density at radius 1 is 0.590 bits per heavy atom. The van der Waals surface area contributed by atoms with Gasteiger partial charge in [0, 0.05) is 13.2 Å². The van der Waals surface area contributed by atoms with Crippen molar-refractivity contribution in [1.82, 2.24) is 10.6 Å². The van der Waals surface area contributed by atoms with Crippen LogP contribution < -0.4 is 139 Å². The summed E-state index contributed by atoms with van der Waals surface area (Å²) in [5, 5.41) is 29.1.